The highest BCUT2D eigenvalue weighted by atomic mass is 15.4. The molecule has 0 spiro atoms. The topological polar surface area (TPSA) is 55.9 Å². The van der Waals surface area contributed by atoms with Crippen LogP contribution < -0.4 is 11.1 Å². The van der Waals surface area contributed by atoms with Gasteiger partial charge >= 0.3 is 0 Å². The third-order valence-corrected chi connectivity index (χ3v) is 2.69. The summed E-state index contributed by atoms with van der Waals surface area (Å²) in [6.07, 6.45) is 0. The maximum atomic E-state index is 5.94. The molecule has 0 aliphatic rings. The second kappa shape index (κ2) is 4.37. The van der Waals surface area contributed by atoms with E-state index in [-0.39, 0.29) is 5.54 Å². The summed E-state index contributed by atoms with van der Waals surface area (Å²) < 4.78 is 1.98. The molecular formula is C14H20N4. The van der Waals surface area contributed by atoms with E-state index in [0.717, 1.165) is 22.9 Å². The number of rotatable bonds is 2. The van der Waals surface area contributed by atoms with E-state index in [1.807, 2.05) is 41.9 Å². The number of hydrogen-bond donors (Lipinski definition) is 2. The first-order chi connectivity index (χ1) is 8.38. The van der Waals surface area contributed by atoms with Gasteiger partial charge in [-0.05, 0) is 39.8 Å². The monoisotopic (exact) mass is 244 g/mol. The van der Waals surface area contributed by atoms with Gasteiger partial charge < -0.3 is 11.1 Å². The number of aromatic nitrogens is 2. The molecule has 0 saturated carbocycles. The lowest BCUT2D eigenvalue weighted by Crippen LogP contribution is -2.24. The molecule has 0 saturated heterocycles. The predicted molar refractivity (Wildman–Crippen MR) is 76.1 cm³/mol. The summed E-state index contributed by atoms with van der Waals surface area (Å²) in [5.74, 6) is 0.956. The molecule has 4 nitrogen and oxygen atoms in total. The number of nitrogens with zero attached hydrogens (tertiary/aromatic N) is 2. The van der Waals surface area contributed by atoms with Crippen LogP contribution in [0.15, 0.2) is 30.3 Å². The molecule has 0 fully saturated rings. The Hall–Kier alpha value is -1.97. The molecule has 1 heterocycles. The van der Waals surface area contributed by atoms with Crippen molar-refractivity contribution in [2.45, 2.75) is 33.2 Å². The Morgan fingerprint density at radius 1 is 1.22 bits per heavy atom. The number of nitrogen functional groups attached to an aromatic ring is 1. The van der Waals surface area contributed by atoms with Gasteiger partial charge in [-0.3, -0.25) is 0 Å². The number of anilines is 3. The van der Waals surface area contributed by atoms with Crippen LogP contribution in [0.1, 0.15) is 26.5 Å². The molecule has 0 unspecified atom stereocenters. The molecule has 4 heteroatoms. The predicted octanol–water partition coefficient (Wildman–Crippen LogP) is 3.27. The van der Waals surface area contributed by atoms with E-state index in [1.54, 1.807) is 0 Å². The minimum absolute atomic E-state index is 0.0693. The third-order valence-electron chi connectivity index (χ3n) is 2.69. The van der Waals surface area contributed by atoms with Crippen molar-refractivity contribution in [1.29, 1.82) is 0 Å². The number of benzene rings is 1. The minimum atomic E-state index is -0.0693. The number of aryl methyl sites for hydroxylation is 1. The van der Waals surface area contributed by atoms with Crippen molar-refractivity contribution >= 4 is 17.2 Å². The fourth-order valence-electron chi connectivity index (χ4n) is 1.85. The largest absolute Gasteiger partial charge is 0.397 e. The Bertz CT molecular complexity index is 549. The Morgan fingerprint density at radius 3 is 2.50 bits per heavy atom. The maximum Gasteiger partial charge on any atom is 0.129 e. The third kappa shape index (κ3) is 2.47. The SMILES string of the molecule is Cc1cc(Nc2ccccc2N)n(C(C)(C)C)n1. The number of nitrogens with one attached hydrogen (secondary N) is 1. The highest BCUT2D eigenvalue weighted by Crippen LogP contribution is 2.26. The molecule has 3 N–H and O–H groups in total. The van der Waals surface area contributed by atoms with E-state index in [4.69, 9.17) is 5.73 Å². The number of nitrogens with two attached hydrogens (primary N) is 1. The molecule has 0 atom stereocenters. The van der Waals surface area contributed by atoms with Gasteiger partial charge in [-0.2, -0.15) is 5.10 Å². The summed E-state index contributed by atoms with van der Waals surface area (Å²) >= 11 is 0. The zero-order valence-corrected chi connectivity index (χ0v) is 11.4. The summed E-state index contributed by atoms with van der Waals surface area (Å²) in [5.41, 5.74) is 8.50. The lowest BCUT2D eigenvalue weighted by atomic mass is 10.1. The molecule has 0 aliphatic carbocycles. The van der Waals surface area contributed by atoms with Gasteiger partial charge in [-0.1, -0.05) is 12.1 Å². The van der Waals surface area contributed by atoms with Gasteiger partial charge in [0.25, 0.3) is 0 Å². The summed E-state index contributed by atoms with van der Waals surface area (Å²) in [7, 11) is 0. The molecule has 0 bridgehead atoms. The van der Waals surface area contributed by atoms with Crippen LogP contribution in [-0.2, 0) is 5.54 Å². The van der Waals surface area contributed by atoms with Crippen LogP contribution in [0, 0.1) is 6.92 Å². The highest BCUT2D eigenvalue weighted by Gasteiger charge is 2.18. The van der Waals surface area contributed by atoms with Crippen molar-refractivity contribution in [2.75, 3.05) is 11.1 Å². The first kappa shape index (κ1) is 12.5. The van der Waals surface area contributed by atoms with Gasteiger partial charge in [0.15, 0.2) is 0 Å². The molecule has 0 aliphatic heterocycles. The lowest BCUT2D eigenvalue weighted by molar-refractivity contribution is 0.359. The van der Waals surface area contributed by atoms with E-state index in [0.29, 0.717) is 0 Å². The van der Waals surface area contributed by atoms with Gasteiger partial charge in [0, 0.05) is 6.07 Å². The van der Waals surface area contributed by atoms with Gasteiger partial charge in [0.2, 0.25) is 0 Å². The Morgan fingerprint density at radius 2 is 1.89 bits per heavy atom. The van der Waals surface area contributed by atoms with Gasteiger partial charge in [0.05, 0.1) is 22.6 Å². The van der Waals surface area contributed by atoms with Crippen LogP contribution in [-0.4, -0.2) is 9.78 Å². The fourth-order valence-corrected chi connectivity index (χ4v) is 1.85. The van der Waals surface area contributed by atoms with E-state index >= 15 is 0 Å². The van der Waals surface area contributed by atoms with Crippen LogP contribution in [0.3, 0.4) is 0 Å². The van der Waals surface area contributed by atoms with Crippen LogP contribution >= 0.6 is 0 Å². The van der Waals surface area contributed by atoms with Crippen molar-refractivity contribution < 1.29 is 0 Å². The summed E-state index contributed by atoms with van der Waals surface area (Å²) in [5, 5.41) is 7.86. The first-order valence-electron chi connectivity index (χ1n) is 6.06. The maximum absolute atomic E-state index is 5.94. The standard InChI is InChI=1S/C14H20N4/c1-10-9-13(18(17-10)14(2,3)4)16-12-8-6-5-7-11(12)15/h5-9,16H,15H2,1-4H3. The van der Waals surface area contributed by atoms with Crippen molar-refractivity contribution in [2.24, 2.45) is 0 Å². The van der Waals surface area contributed by atoms with Crippen molar-refractivity contribution in [1.82, 2.24) is 9.78 Å². The molecule has 1 aromatic carbocycles. The molecule has 0 radical (unpaired) electrons. The number of hydrogen-bond acceptors (Lipinski definition) is 3. The molecule has 18 heavy (non-hydrogen) atoms. The first-order valence-corrected chi connectivity index (χ1v) is 6.06. The number of para-hydroxylation sites is 2. The normalized spacial score (nSPS) is 11.6. The van der Waals surface area contributed by atoms with E-state index in [1.165, 1.54) is 0 Å². The Kier molecular flexibility index (Phi) is 3.03. The minimum Gasteiger partial charge on any atom is -0.397 e. The van der Waals surface area contributed by atoms with Crippen LogP contribution in [0.5, 0.6) is 0 Å². The van der Waals surface area contributed by atoms with Crippen molar-refractivity contribution in [3.63, 3.8) is 0 Å². The average Bonchev–Trinajstić information content (AvgIpc) is 2.63. The second-order valence-electron chi connectivity index (χ2n) is 5.47. The smallest absolute Gasteiger partial charge is 0.129 e. The quantitative estimate of drug-likeness (QED) is 0.797. The molecule has 0 amide bonds. The molecule has 96 valence electrons. The summed E-state index contributed by atoms with van der Waals surface area (Å²) in [4.78, 5) is 0. The van der Waals surface area contributed by atoms with Crippen LogP contribution in [0.25, 0.3) is 0 Å². The summed E-state index contributed by atoms with van der Waals surface area (Å²) in [6.45, 7) is 8.36. The van der Waals surface area contributed by atoms with Crippen LogP contribution in [0.2, 0.25) is 0 Å². The van der Waals surface area contributed by atoms with Gasteiger partial charge in [0.1, 0.15) is 5.82 Å². The lowest BCUT2D eigenvalue weighted by Gasteiger charge is -2.23. The van der Waals surface area contributed by atoms with Gasteiger partial charge in [-0.25, -0.2) is 4.68 Å². The summed E-state index contributed by atoms with van der Waals surface area (Å²) in [6, 6.07) is 9.76. The zero-order chi connectivity index (χ0) is 13.3. The average molecular weight is 244 g/mol. The molecule has 1 aromatic heterocycles. The Labute approximate surface area is 108 Å². The second-order valence-corrected chi connectivity index (χ2v) is 5.47. The van der Waals surface area contributed by atoms with E-state index in [9.17, 15) is 0 Å². The van der Waals surface area contributed by atoms with E-state index < -0.39 is 0 Å². The molecular weight excluding hydrogens is 224 g/mol. The van der Waals surface area contributed by atoms with Crippen LogP contribution in [0.4, 0.5) is 17.2 Å². The van der Waals surface area contributed by atoms with Crippen molar-refractivity contribution in [3.05, 3.63) is 36.0 Å². The van der Waals surface area contributed by atoms with Crippen molar-refractivity contribution in [3.8, 4) is 0 Å². The Balaban J connectivity index is 2.38. The molecule has 2 rings (SSSR count). The highest BCUT2D eigenvalue weighted by molar-refractivity contribution is 5.71. The van der Waals surface area contributed by atoms with Gasteiger partial charge in [-0.15, -0.1) is 0 Å². The molecule has 2 aromatic rings. The van der Waals surface area contributed by atoms with E-state index in [2.05, 4.69) is 31.2 Å². The zero-order valence-electron chi connectivity index (χ0n) is 11.4. The fraction of sp³-hybridized carbons (Fsp3) is 0.357.